The van der Waals surface area contributed by atoms with E-state index in [2.05, 4.69) is 34.3 Å². The number of aliphatic hydroxyl groups is 1. The first kappa shape index (κ1) is 26.5. The number of hydrogen-bond acceptors (Lipinski definition) is 7. The van der Waals surface area contributed by atoms with Crippen LogP contribution < -0.4 is 56.0 Å². The van der Waals surface area contributed by atoms with Gasteiger partial charge in [0.15, 0.2) is 5.69 Å². The average molecular weight is 484 g/mol. The van der Waals surface area contributed by atoms with E-state index in [1.807, 2.05) is 49.4 Å². The van der Waals surface area contributed by atoms with E-state index in [0.29, 0.717) is 12.4 Å². The predicted octanol–water partition coefficient (Wildman–Crippen LogP) is -0.527. The number of hydrogen-bond donors (Lipinski definition) is 2. The monoisotopic (exact) mass is 484 g/mol. The number of nitrogens with one attached hydrogen (secondary N) is 1. The van der Waals surface area contributed by atoms with Gasteiger partial charge in [-0.15, -0.1) is 0 Å². The van der Waals surface area contributed by atoms with Crippen molar-refractivity contribution in [3.05, 3.63) is 98.0 Å². The van der Waals surface area contributed by atoms with Gasteiger partial charge in [-0.1, -0.05) is 30.3 Å². The summed E-state index contributed by atoms with van der Waals surface area (Å²) >= 11 is 0. The van der Waals surface area contributed by atoms with Crippen LogP contribution in [0.2, 0.25) is 0 Å². The van der Waals surface area contributed by atoms with E-state index in [-0.39, 0.29) is 49.3 Å². The molecule has 4 rings (SSSR count). The molecule has 0 unspecified atom stereocenters. The van der Waals surface area contributed by atoms with Crippen LogP contribution in [0.4, 0.5) is 5.69 Å². The van der Waals surface area contributed by atoms with E-state index in [1.165, 1.54) is 0 Å². The van der Waals surface area contributed by atoms with Gasteiger partial charge in [0.1, 0.15) is 6.61 Å². The van der Waals surface area contributed by atoms with Crippen molar-refractivity contribution >= 4 is 5.69 Å². The fraction of sp³-hybridized carbons (Fsp3) is 0.240. The molecular formula is C25H25N4NaO5. The average Bonchev–Trinajstić information content (AvgIpc) is 3.14. The number of aliphatic hydroxyl groups excluding tert-OH is 1. The first-order chi connectivity index (χ1) is 16.4. The number of aryl methyl sites for hydroxylation is 1. The van der Waals surface area contributed by atoms with Crippen LogP contribution in [0.15, 0.2) is 68.7 Å². The van der Waals surface area contributed by atoms with Crippen molar-refractivity contribution in [3.8, 4) is 17.0 Å². The SMILES string of the molecule is Cc1nc(OCCO)ccc1-c1cccc(CNc2ccc(Cn3oc(=O)[n-]c3=O)cc2)c1C.[Na+]. The molecule has 9 nitrogen and oxygen atoms in total. The Hall–Kier alpha value is -3.11. The van der Waals surface area contributed by atoms with Gasteiger partial charge in [0.05, 0.1) is 6.61 Å². The van der Waals surface area contributed by atoms with Gasteiger partial charge < -0.3 is 24.7 Å². The minimum atomic E-state index is -0.891. The zero-order valence-electron chi connectivity index (χ0n) is 19.9. The van der Waals surface area contributed by atoms with Gasteiger partial charge in [0, 0.05) is 36.1 Å². The van der Waals surface area contributed by atoms with E-state index in [9.17, 15) is 9.59 Å². The largest absolute Gasteiger partial charge is 1.00 e. The van der Waals surface area contributed by atoms with Gasteiger partial charge >= 0.3 is 35.3 Å². The van der Waals surface area contributed by atoms with Crippen molar-refractivity contribution in [1.29, 1.82) is 0 Å². The minimum absolute atomic E-state index is 0. The number of rotatable bonds is 9. The molecule has 0 spiro atoms. The first-order valence-corrected chi connectivity index (χ1v) is 10.8. The number of aromatic nitrogens is 3. The van der Waals surface area contributed by atoms with E-state index in [1.54, 1.807) is 0 Å². The summed E-state index contributed by atoms with van der Waals surface area (Å²) in [6.45, 7) is 4.97. The molecule has 0 aliphatic heterocycles. The predicted molar refractivity (Wildman–Crippen MR) is 127 cm³/mol. The standard InChI is InChI=1S/C25H26N4O5.Na/c1-16-19(4-3-5-21(16)22-10-11-23(27-17(22)2)33-13-12-30)14-26-20-8-6-18(7-9-20)15-29-24(31)28-25(32)34-29;/h3-11,26,30H,12-15H2,1-2H3,(H,28,31,32);/q;+1/p-1. The Balaban J connectivity index is 0.00000342. The number of nitrogens with zero attached hydrogens (tertiary/aromatic N) is 3. The summed E-state index contributed by atoms with van der Waals surface area (Å²) in [6.07, 6.45) is 0. The molecule has 10 heteroatoms. The second-order valence-electron chi connectivity index (χ2n) is 7.78. The van der Waals surface area contributed by atoms with Crippen LogP contribution in [0, 0.1) is 13.8 Å². The second-order valence-corrected chi connectivity index (χ2v) is 7.78. The molecule has 0 atom stereocenters. The molecule has 0 amide bonds. The van der Waals surface area contributed by atoms with Crippen molar-refractivity contribution in [2.24, 2.45) is 0 Å². The molecular weight excluding hydrogens is 459 g/mol. The van der Waals surface area contributed by atoms with Crippen LogP contribution in [-0.2, 0) is 13.1 Å². The zero-order chi connectivity index (χ0) is 24.1. The number of benzene rings is 2. The molecule has 2 heterocycles. The molecule has 35 heavy (non-hydrogen) atoms. The van der Waals surface area contributed by atoms with Crippen LogP contribution in [0.25, 0.3) is 11.1 Å². The van der Waals surface area contributed by atoms with Crippen molar-refractivity contribution < 1.29 is 43.9 Å². The Labute approximate surface area is 224 Å². The number of pyridine rings is 1. The summed E-state index contributed by atoms with van der Waals surface area (Å²) in [6, 6.07) is 17.5. The molecule has 0 saturated carbocycles. The fourth-order valence-corrected chi connectivity index (χ4v) is 3.70. The van der Waals surface area contributed by atoms with Crippen molar-refractivity contribution in [1.82, 2.24) is 14.7 Å². The molecule has 0 fully saturated rings. The maximum Gasteiger partial charge on any atom is 1.00 e. The maximum atomic E-state index is 11.5. The van der Waals surface area contributed by atoms with Gasteiger partial charge in [0.25, 0.3) is 0 Å². The molecule has 0 bridgehead atoms. The van der Waals surface area contributed by atoms with E-state index >= 15 is 0 Å². The summed E-state index contributed by atoms with van der Waals surface area (Å²) in [4.78, 5) is 30.3. The molecule has 0 radical (unpaired) electrons. The summed E-state index contributed by atoms with van der Waals surface area (Å²) in [7, 11) is 0. The summed E-state index contributed by atoms with van der Waals surface area (Å²) in [5.74, 6) is -0.395. The van der Waals surface area contributed by atoms with Gasteiger partial charge in [-0.25, -0.2) is 9.78 Å². The van der Waals surface area contributed by atoms with Crippen molar-refractivity contribution in [2.45, 2.75) is 26.9 Å². The van der Waals surface area contributed by atoms with Gasteiger partial charge in [-0.05, 0) is 54.3 Å². The van der Waals surface area contributed by atoms with Gasteiger partial charge in [-0.3, -0.25) is 9.53 Å². The van der Waals surface area contributed by atoms with Crippen LogP contribution >= 0.6 is 0 Å². The minimum Gasteiger partial charge on any atom is -0.475 e. The van der Waals surface area contributed by atoms with Crippen LogP contribution in [0.5, 0.6) is 5.88 Å². The summed E-state index contributed by atoms with van der Waals surface area (Å²) in [5.41, 5.74) is 6.33. The van der Waals surface area contributed by atoms with Crippen LogP contribution in [0.1, 0.15) is 22.4 Å². The quantitative estimate of drug-likeness (QED) is 0.305. The zero-order valence-corrected chi connectivity index (χ0v) is 21.9. The Morgan fingerprint density at radius 3 is 2.49 bits per heavy atom. The van der Waals surface area contributed by atoms with Crippen LogP contribution in [0.3, 0.4) is 0 Å². The molecule has 2 aromatic heterocycles. The van der Waals surface area contributed by atoms with Gasteiger partial charge in [-0.2, -0.15) is 0 Å². The Morgan fingerprint density at radius 2 is 1.83 bits per heavy atom. The van der Waals surface area contributed by atoms with E-state index in [0.717, 1.165) is 43.9 Å². The van der Waals surface area contributed by atoms with Crippen LogP contribution in [-0.4, -0.2) is 28.0 Å². The molecule has 0 aliphatic rings. The number of ether oxygens (including phenoxy) is 1. The fourth-order valence-electron chi connectivity index (χ4n) is 3.70. The summed E-state index contributed by atoms with van der Waals surface area (Å²) < 4.78 is 11.1. The van der Waals surface area contributed by atoms with Crippen molar-refractivity contribution in [3.63, 3.8) is 0 Å². The molecule has 0 aliphatic carbocycles. The molecule has 4 aromatic rings. The summed E-state index contributed by atoms with van der Waals surface area (Å²) in [5, 5.41) is 12.3. The Morgan fingerprint density at radius 1 is 1.06 bits per heavy atom. The normalized spacial score (nSPS) is 10.6. The van der Waals surface area contributed by atoms with E-state index in [4.69, 9.17) is 14.4 Å². The first-order valence-electron chi connectivity index (χ1n) is 10.8. The Kier molecular flexibility index (Phi) is 9.11. The maximum absolute atomic E-state index is 11.5. The third-order valence-corrected chi connectivity index (χ3v) is 5.49. The molecule has 2 aromatic carbocycles. The number of anilines is 1. The third-order valence-electron chi connectivity index (χ3n) is 5.49. The molecule has 0 saturated heterocycles. The second kappa shape index (κ2) is 12.0. The van der Waals surface area contributed by atoms with Gasteiger partial charge in [0.2, 0.25) is 5.88 Å². The third kappa shape index (κ3) is 6.52. The molecule has 176 valence electrons. The van der Waals surface area contributed by atoms with E-state index < -0.39 is 11.4 Å². The van der Waals surface area contributed by atoms with Crippen molar-refractivity contribution in [2.75, 3.05) is 18.5 Å². The molecule has 2 N–H and O–H groups in total. The Bertz CT molecular complexity index is 1390. The topological polar surface area (TPSA) is 121 Å². The smallest absolute Gasteiger partial charge is 0.475 e.